The number of ether oxygens (including phenoxy) is 2. The van der Waals surface area contributed by atoms with Gasteiger partial charge in [0.15, 0.2) is 11.5 Å². The average molecular weight is 579 g/mol. The Kier molecular flexibility index (Phi) is 9.69. The van der Waals surface area contributed by atoms with Gasteiger partial charge < -0.3 is 25.2 Å². The number of hydrogen-bond acceptors (Lipinski definition) is 7. The third-order valence-corrected chi connectivity index (χ3v) is 7.14. The molecule has 43 heavy (non-hydrogen) atoms. The number of carboxylic acids is 1. The lowest BCUT2D eigenvalue weighted by molar-refractivity contribution is -0.137. The molecule has 0 aromatic heterocycles. The number of ketones is 1. The van der Waals surface area contributed by atoms with E-state index in [1.165, 1.54) is 0 Å². The molecule has 0 bridgehead atoms. The van der Waals surface area contributed by atoms with Crippen LogP contribution in [0, 0.1) is 5.92 Å². The van der Waals surface area contributed by atoms with Gasteiger partial charge in [-0.25, -0.2) is 9.59 Å². The molecule has 1 aliphatic rings. The van der Waals surface area contributed by atoms with Gasteiger partial charge in [0.25, 0.3) is 0 Å². The molecule has 0 amide bonds. The van der Waals surface area contributed by atoms with Crippen molar-refractivity contribution in [1.82, 2.24) is 0 Å². The fourth-order valence-corrected chi connectivity index (χ4v) is 4.66. The molecule has 1 aliphatic carbocycles. The van der Waals surface area contributed by atoms with E-state index >= 15 is 0 Å². The lowest BCUT2D eigenvalue weighted by Crippen LogP contribution is -2.31. The molecule has 4 aromatic rings. The van der Waals surface area contributed by atoms with Crippen LogP contribution in [-0.2, 0) is 11.2 Å². The second-order valence-corrected chi connectivity index (χ2v) is 10.4. The predicted molar refractivity (Wildman–Crippen MR) is 165 cm³/mol. The highest BCUT2D eigenvalue weighted by atomic mass is 16.5. The first kappa shape index (κ1) is 29.4. The van der Waals surface area contributed by atoms with Crippen molar-refractivity contribution in [1.29, 1.82) is 0 Å². The van der Waals surface area contributed by atoms with Crippen molar-refractivity contribution >= 4 is 29.1 Å². The summed E-state index contributed by atoms with van der Waals surface area (Å²) in [6.07, 6.45) is 2.91. The lowest BCUT2D eigenvalue weighted by atomic mass is 10.1. The van der Waals surface area contributed by atoms with E-state index in [-0.39, 0.29) is 23.9 Å². The molecule has 4 aromatic carbocycles. The number of benzene rings is 4. The minimum absolute atomic E-state index is 0.177. The van der Waals surface area contributed by atoms with Crippen LogP contribution < -0.4 is 20.1 Å². The summed E-state index contributed by atoms with van der Waals surface area (Å²) in [5, 5.41) is 16.3. The van der Waals surface area contributed by atoms with Crippen LogP contribution in [0.1, 0.15) is 45.5 Å². The lowest BCUT2D eigenvalue weighted by Gasteiger charge is -2.18. The van der Waals surface area contributed by atoms with Gasteiger partial charge in [-0.2, -0.15) is 0 Å². The zero-order valence-electron chi connectivity index (χ0n) is 23.7. The zero-order valence-corrected chi connectivity index (χ0v) is 23.7. The molecule has 8 nitrogen and oxygen atoms in total. The zero-order chi connectivity index (χ0) is 30.0. The van der Waals surface area contributed by atoms with Crippen LogP contribution in [0.4, 0.5) is 11.4 Å². The van der Waals surface area contributed by atoms with Gasteiger partial charge in [-0.3, -0.25) is 4.79 Å². The third kappa shape index (κ3) is 8.23. The Morgan fingerprint density at radius 3 is 2.21 bits per heavy atom. The van der Waals surface area contributed by atoms with Crippen molar-refractivity contribution < 1.29 is 29.0 Å². The SMILES string of the molecule is O=C(Oc1ccccc1NC(Cc1ccc(OCCCNc2ccccc2C(=O)C2CC2)cc1)C(=O)O)c1ccccc1. The maximum Gasteiger partial charge on any atom is 0.343 e. The first-order valence-electron chi connectivity index (χ1n) is 14.4. The molecule has 1 atom stereocenters. The smallest absolute Gasteiger partial charge is 0.343 e. The summed E-state index contributed by atoms with van der Waals surface area (Å²) >= 11 is 0. The fraction of sp³-hybridized carbons (Fsp3) is 0.229. The highest BCUT2D eigenvalue weighted by molar-refractivity contribution is 6.03. The molecule has 1 fully saturated rings. The first-order valence-corrected chi connectivity index (χ1v) is 14.4. The van der Waals surface area contributed by atoms with Crippen molar-refractivity contribution in [3.05, 3.63) is 120 Å². The fourth-order valence-electron chi connectivity index (χ4n) is 4.66. The number of nitrogens with one attached hydrogen (secondary N) is 2. The van der Waals surface area contributed by atoms with E-state index in [9.17, 15) is 19.5 Å². The highest BCUT2D eigenvalue weighted by Gasteiger charge is 2.31. The minimum atomic E-state index is -1.03. The van der Waals surface area contributed by atoms with Crippen LogP contribution >= 0.6 is 0 Å². The van der Waals surface area contributed by atoms with E-state index in [4.69, 9.17) is 9.47 Å². The standard InChI is InChI=1S/C35H34N2O6/c38-33(25-17-18-25)28-11-4-5-12-29(28)36-21-8-22-42-27-19-15-24(16-20-27)23-31(34(39)40)37-30-13-6-7-14-32(30)43-35(41)26-9-2-1-3-10-26/h1-7,9-16,19-20,25,31,36-37H,8,17-18,21-23H2,(H,39,40). The normalized spacial score (nSPS) is 13.0. The van der Waals surface area contributed by atoms with Gasteiger partial charge in [0.2, 0.25) is 0 Å². The number of rotatable bonds is 15. The van der Waals surface area contributed by atoms with Gasteiger partial charge in [0, 0.05) is 30.1 Å². The molecule has 3 N–H and O–H groups in total. The number of Topliss-reactive ketones (excluding diaryl/α,β-unsaturated/α-hetero) is 1. The largest absolute Gasteiger partial charge is 0.494 e. The Morgan fingerprint density at radius 2 is 1.49 bits per heavy atom. The number of aliphatic carboxylic acids is 1. The second-order valence-electron chi connectivity index (χ2n) is 10.4. The molecule has 220 valence electrons. The molecule has 5 rings (SSSR count). The highest BCUT2D eigenvalue weighted by Crippen LogP contribution is 2.34. The van der Waals surface area contributed by atoms with Crippen LogP contribution in [0.3, 0.4) is 0 Å². The van der Waals surface area contributed by atoms with Crippen LogP contribution in [-0.4, -0.2) is 42.0 Å². The summed E-state index contributed by atoms with van der Waals surface area (Å²) in [4.78, 5) is 37.2. The number of anilines is 2. The van der Waals surface area contributed by atoms with E-state index in [1.807, 2.05) is 54.6 Å². The van der Waals surface area contributed by atoms with Crippen LogP contribution in [0.5, 0.6) is 11.5 Å². The number of esters is 1. The van der Waals surface area contributed by atoms with Crippen LogP contribution in [0.25, 0.3) is 0 Å². The monoisotopic (exact) mass is 578 g/mol. The van der Waals surface area contributed by atoms with E-state index in [0.29, 0.717) is 30.2 Å². The second kappa shape index (κ2) is 14.2. The Bertz CT molecular complexity index is 1550. The van der Waals surface area contributed by atoms with Gasteiger partial charge in [-0.05, 0) is 73.4 Å². The van der Waals surface area contributed by atoms with E-state index in [2.05, 4.69) is 10.6 Å². The number of carboxylic acid groups (broad SMARTS) is 1. The van der Waals surface area contributed by atoms with Gasteiger partial charge in [0.1, 0.15) is 11.8 Å². The van der Waals surface area contributed by atoms with Crippen molar-refractivity contribution in [2.45, 2.75) is 31.7 Å². The molecule has 0 spiro atoms. The van der Waals surface area contributed by atoms with Crippen molar-refractivity contribution in [2.75, 3.05) is 23.8 Å². The summed E-state index contributed by atoms with van der Waals surface area (Å²) in [5.41, 5.74) is 3.24. The van der Waals surface area contributed by atoms with Crippen LogP contribution in [0.2, 0.25) is 0 Å². The number of carbonyl (C=O) groups excluding carboxylic acids is 2. The van der Waals surface area contributed by atoms with Crippen molar-refractivity contribution in [3.8, 4) is 11.5 Å². The minimum Gasteiger partial charge on any atom is -0.494 e. The quantitative estimate of drug-likeness (QED) is 0.0635. The molecular weight excluding hydrogens is 544 g/mol. The molecular formula is C35H34N2O6. The van der Waals surface area contributed by atoms with E-state index in [1.54, 1.807) is 48.5 Å². The van der Waals surface area contributed by atoms with E-state index < -0.39 is 18.0 Å². The maximum atomic E-state index is 12.6. The average Bonchev–Trinajstić information content (AvgIpc) is 3.88. The summed E-state index contributed by atoms with van der Waals surface area (Å²) in [5.74, 6) is -0.226. The van der Waals surface area contributed by atoms with E-state index in [0.717, 1.165) is 36.1 Å². The Balaban J connectivity index is 1.11. The third-order valence-electron chi connectivity index (χ3n) is 7.14. The molecule has 8 heteroatoms. The first-order chi connectivity index (χ1) is 21.0. The van der Waals surface area contributed by atoms with Gasteiger partial charge >= 0.3 is 11.9 Å². The number of carbonyl (C=O) groups is 3. The molecule has 0 heterocycles. The van der Waals surface area contributed by atoms with Crippen LogP contribution in [0.15, 0.2) is 103 Å². The predicted octanol–water partition coefficient (Wildman–Crippen LogP) is 6.49. The Labute approximate surface area is 250 Å². The topological polar surface area (TPSA) is 114 Å². The molecule has 1 unspecified atom stereocenters. The van der Waals surface area contributed by atoms with Gasteiger partial charge in [-0.1, -0.05) is 54.6 Å². The summed E-state index contributed by atoms with van der Waals surface area (Å²) in [6, 6.07) is 29.4. The van der Waals surface area contributed by atoms with Gasteiger partial charge in [0.05, 0.1) is 17.9 Å². The van der Waals surface area contributed by atoms with Gasteiger partial charge in [-0.15, -0.1) is 0 Å². The van der Waals surface area contributed by atoms with Crippen molar-refractivity contribution in [3.63, 3.8) is 0 Å². The number of para-hydroxylation sites is 3. The summed E-state index contributed by atoms with van der Waals surface area (Å²) < 4.78 is 11.4. The Hall–Kier alpha value is -5.11. The molecule has 1 saturated carbocycles. The summed E-state index contributed by atoms with van der Waals surface area (Å²) in [6.45, 7) is 1.16. The maximum absolute atomic E-state index is 12.6. The summed E-state index contributed by atoms with van der Waals surface area (Å²) in [7, 11) is 0. The number of hydrogen-bond donors (Lipinski definition) is 3. The van der Waals surface area contributed by atoms with Crippen molar-refractivity contribution in [2.24, 2.45) is 5.92 Å². The molecule has 0 saturated heterocycles. The molecule has 0 radical (unpaired) electrons. The Morgan fingerprint density at radius 1 is 0.814 bits per heavy atom. The molecule has 0 aliphatic heterocycles.